The molecule has 0 aliphatic carbocycles. The molecule has 1 fully saturated rings. The first kappa shape index (κ1) is 21.2. The fourth-order valence-corrected chi connectivity index (χ4v) is 2.36. The highest BCUT2D eigenvalue weighted by Crippen LogP contribution is 2.05. The maximum Gasteiger partial charge on any atom is 0.315 e. The van der Waals surface area contributed by atoms with Crippen LogP contribution >= 0.6 is 12.4 Å². The van der Waals surface area contributed by atoms with Crippen molar-refractivity contribution in [2.24, 2.45) is 11.8 Å². The van der Waals surface area contributed by atoms with Crippen molar-refractivity contribution in [3.63, 3.8) is 0 Å². The molecule has 1 aromatic carbocycles. The van der Waals surface area contributed by atoms with Crippen molar-refractivity contribution in [3.05, 3.63) is 35.6 Å². The second-order valence-electron chi connectivity index (χ2n) is 6.44. The van der Waals surface area contributed by atoms with Gasteiger partial charge in [0.05, 0.1) is 0 Å². The largest absolute Gasteiger partial charge is 0.354 e. The van der Waals surface area contributed by atoms with Gasteiger partial charge in [-0.15, -0.1) is 12.4 Å². The molecule has 0 radical (unpaired) electrons. The predicted octanol–water partition coefficient (Wildman–Crippen LogP) is 1.41. The Balaban J connectivity index is 0.00000312. The van der Waals surface area contributed by atoms with Crippen LogP contribution in [0.15, 0.2) is 24.3 Å². The molecule has 0 aromatic heterocycles. The molecule has 0 bridgehead atoms. The predicted molar refractivity (Wildman–Crippen MR) is 97.0 cm³/mol. The molecule has 0 saturated carbocycles. The van der Waals surface area contributed by atoms with Crippen molar-refractivity contribution in [3.8, 4) is 0 Å². The summed E-state index contributed by atoms with van der Waals surface area (Å²) in [5.74, 6) is -0.0506. The van der Waals surface area contributed by atoms with E-state index in [9.17, 15) is 14.0 Å². The molecule has 2 rings (SSSR count). The van der Waals surface area contributed by atoms with Crippen LogP contribution in [0.3, 0.4) is 0 Å². The van der Waals surface area contributed by atoms with Gasteiger partial charge in [-0.2, -0.15) is 0 Å². The molecule has 140 valence electrons. The summed E-state index contributed by atoms with van der Waals surface area (Å²) in [6.07, 6.45) is 0. The minimum Gasteiger partial charge on any atom is -0.354 e. The Morgan fingerprint density at radius 3 is 2.36 bits per heavy atom. The van der Waals surface area contributed by atoms with Crippen LogP contribution in [0.2, 0.25) is 0 Å². The van der Waals surface area contributed by atoms with E-state index in [0.717, 1.165) is 18.7 Å². The number of carbonyl (C=O) groups is 2. The molecular weight excluding hydrogens is 347 g/mol. The van der Waals surface area contributed by atoms with Crippen LogP contribution in [-0.4, -0.2) is 37.6 Å². The molecule has 1 unspecified atom stereocenters. The normalized spacial score (nSPS) is 14.9. The van der Waals surface area contributed by atoms with E-state index in [0.29, 0.717) is 12.5 Å². The average molecular weight is 373 g/mol. The second-order valence-corrected chi connectivity index (χ2v) is 6.44. The van der Waals surface area contributed by atoms with Gasteiger partial charge < -0.3 is 21.3 Å². The van der Waals surface area contributed by atoms with Crippen LogP contribution in [0, 0.1) is 17.7 Å². The molecule has 1 aromatic rings. The van der Waals surface area contributed by atoms with E-state index in [1.165, 1.54) is 12.1 Å². The van der Waals surface area contributed by atoms with Crippen LogP contribution in [0.25, 0.3) is 0 Å². The fourth-order valence-electron chi connectivity index (χ4n) is 2.36. The standard InChI is InChI=1S/C17H25FN4O2.ClH/c1-11(2)15(16(23)20-10-13-7-19-8-13)22-17(24)21-9-12-3-5-14(18)6-4-12;/h3-6,11,13,15,19H,7-10H2,1-2H3,(H,20,23)(H2,21,22,24);1H. The van der Waals surface area contributed by atoms with E-state index in [2.05, 4.69) is 21.3 Å². The zero-order valence-corrected chi connectivity index (χ0v) is 15.3. The van der Waals surface area contributed by atoms with Gasteiger partial charge in [-0.25, -0.2) is 9.18 Å². The number of carbonyl (C=O) groups excluding carboxylic acids is 2. The van der Waals surface area contributed by atoms with Crippen molar-refractivity contribution < 1.29 is 14.0 Å². The third-order valence-electron chi connectivity index (χ3n) is 4.03. The molecule has 1 atom stereocenters. The number of urea groups is 1. The molecule has 1 aliphatic heterocycles. The summed E-state index contributed by atoms with van der Waals surface area (Å²) in [6.45, 7) is 6.49. The van der Waals surface area contributed by atoms with Crippen LogP contribution in [-0.2, 0) is 11.3 Å². The summed E-state index contributed by atoms with van der Waals surface area (Å²) in [5, 5.41) is 11.4. The number of hydrogen-bond donors (Lipinski definition) is 4. The topological polar surface area (TPSA) is 82.3 Å². The van der Waals surface area contributed by atoms with E-state index in [1.807, 2.05) is 13.8 Å². The molecule has 1 saturated heterocycles. The number of benzene rings is 1. The molecule has 25 heavy (non-hydrogen) atoms. The lowest BCUT2D eigenvalue weighted by molar-refractivity contribution is -0.124. The number of halogens is 2. The number of nitrogens with one attached hydrogen (secondary N) is 4. The van der Waals surface area contributed by atoms with E-state index in [-0.39, 0.29) is 36.6 Å². The highest BCUT2D eigenvalue weighted by atomic mass is 35.5. The van der Waals surface area contributed by atoms with Crippen molar-refractivity contribution >= 4 is 24.3 Å². The monoisotopic (exact) mass is 372 g/mol. The van der Waals surface area contributed by atoms with Crippen LogP contribution in [0.1, 0.15) is 19.4 Å². The van der Waals surface area contributed by atoms with Gasteiger partial charge in [0.25, 0.3) is 0 Å². The highest BCUT2D eigenvalue weighted by molar-refractivity contribution is 5.87. The van der Waals surface area contributed by atoms with Crippen molar-refractivity contribution in [1.82, 2.24) is 21.3 Å². The molecule has 1 heterocycles. The summed E-state index contributed by atoms with van der Waals surface area (Å²) < 4.78 is 12.8. The molecular formula is C17H26ClFN4O2. The third-order valence-corrected chi connectivity index (χ3v) is 4.03. The minimum atomic E-state index is -0.591. The van der Waals surface area contributed by atoms with Gasteiger partial charge in [-0.05, 0) is 23.6 Å². The summed E-state index contributed by atoms with van der Waals surface area (Å²) in [4.78, 5) is 24.3. The summed E-state index contributed by atoms with van der Waals surface area (Å²) in [6, 6.07) is 4.89. The summed E-state index contributed by atoms with van der Waals surface area (Å²) >= 11 is 0. The van der Waals surface area contributed by atoms with Gasteiger partial charge in [0.15, 0.2) is 0 Å². The second kappa shape index (κ2) is 10.2. The molecule has 8 heteroatoms. The number of hydrogen-bond acceptors (Lipinski definition) is 3. The van der Waals surface area contributed by atoms with E-state index in [4.69, 9.17) is 0 Å². The molecule has 0 spiro atoms. The number of rotatable bonds is 7. The molecule has 6 nitrogen and oxygen atoms in total. The first-order valence-corrected chi connectivity index (χ1v) is 8.23. The third kappa shape index (κ3) is 6.88. The Kier molecular flexibility index (Phi) is 8.65. The van der Waals surface area contributed by atoms with Crippen LogP contribution < -0.4 is 21.3 Å². The quantitative estimate of drug-likeness (QED) is 0.584. The lowest BCUT2D eigenvalue weighted by Gasteiger charge is -2.29. The van der Waals surface area contributed by atoms with E-state index >= 15 is 0 Å². The van der Waals surface area contributed by atoms with Gasteiger partial charge in [0.1, 0.15) is 11.9 Å². The smallest absolute Gasteiger partial charge is 0.315 e. The molecule has 3 amide bonds. The molecule has 1 aliphatic rings. The Morgan fingerprint density at radius 2 is 1.84 bits per heavy atom. The maximum atomic E-state index is 12.8. The van der Waals surface area contributed by atoms with E-state index in [1.54, 1.807) is 12.1 Å². The lowest BCUT2D eigenvalue weighted by atomic mass is 10.0. The Bertz CT molecular complexity index is 564. The van der Waals surface area contributed by atoms with Crippen LogP contribution in [0.4, 0.5) is 9.18 Å². The van der Waals surface area contributed by atoms with Gasteiger partial charge >= 0.3 is 6.03 Å². The van der Waals surface area contributed by atoms with E-state index < -0.39 is 12.1 Å². The SMILES string of the molecule is CC(C)C(NC(=O)NCc1ccc(F)cc1)C(=O)NCC1CNC1.Cl. The van der Waals surface area contributed by atoms with Gasteiger partial charge in [0.2, 0.25) is 5.91 Å². The average Bonchev–Trinajstić information content (AvgIpc) is 2.50. The Hall–Kier alpha value is -1.86. The van der Waals surface area contributed by atoms with Crippen molar-refractivity contribution in [2.75, 3.05) is 19.6 Å². The fraction of sp³-hybridized carbons (Fsp3) is 0.529. The van der Waals surface area contributed by atoms with Crippen LogP contribution in [0.5, 0.6) is 0 Å². The van der Waals surface area contributed by atoms with Crippen molar-refractivity contribution in [2.45, 2.75) is 26.4 Å². The Morgan fingerprint density at radius 1 is 1.20 bits per heavy atom. The summed E-state index contributed by atoms with van der Waals surface area (Å²) in [7, 11) is 0. The lowest BCUT2D eigenvalue weighted by Crippen LogP contribution is -2.55. The van der Waals surface area contributed by atoms with Gasteiger partial charge in [-0.3, -0.25) is 4.79 Å². The van der Waals surface area contributed by atoms with Gasteiger partial charge in [0, 0.05) is 32.1 Å². The molecule has 4 N–H and O–H groups in total. The maximum absolute atomic E-state index is 12.8. The first-order chi connectivity index (χ1) is 11.5. The zero-order valence-electron chi connectivity index (χ0n) is 14.5. The Labute approximate surface area is 153 Å². The first-order valence-electron chi connectivity index (χ1n) is 8.23. The van der Waals surface area contributed by atoms with Gasteiger partial charge in [-0.1, -0.05) is 26.0 Å². The number of amides is 3. The zero-order chi connectivity index (χ0) is 17.5. The van der Waals surface area contributed by atoms with Crippen molar-refractivity contribution in [1.29, 1.82) is 0 Å². The summed E-state index contributed by atoms with van der Waals surface area (Å²) in [5.41, 5.74) is 0.787. The highest BCUT2D eigenvalue weighted by Gasteiger charge is 2.25. The minimum absolute atomic E-state index is 0.